The maximum Gasteiger partial charge on any atom is 0.255 e. The zero-order valence-electron chi connectivity index (χ0n) is 19.3. The third-order valence-electron chi connectivity index (χ3n) is 5.35. The Bertz CT molecular complexity index is 864. The van der Waals surface area contributed by atoms with Gasteiger partial charge in [0.15, 0.2) is 12.6 Å². The zero-order valence-corrected chi connectivity index (χ0v) is 19.3. The van der Waals surface area contributed by atoms with Gasteiger partial charge in [0.05, 0.1) is 18.8 Å². The smallest absolute Gasteiger partial charge is 0.255 e. The van der Waals surface area contributed by atoms with E-state index in [0.29, 0.717) is 35.6 Å². The van der Waals surface area contributed by atoms with Crippen LogP contribution in [0.1, 0.15) is 43.1 Å². The number of hydrogen-bond acceptors (Lipinski definition) is 7. The highest BCUT2D eigenvalue weighted by Gasteiger charge is 2.43. The molecule has 1 fully saturated rings. The first kappa shape index (κ1) is 24.3. The lowest BCUT2D eigenvalue weighted by Gasteiger charge is -2.21. The van der Waals surface area contributed by atoms with Gasteiger partial charge in [-0.05, 0) is 37.8 Å². The fourth-order valence-electron chi connectivity index (χ4n) is 3.83. The van der Waals surface area contributed by atoms with Crippen LogP contribution in [0.25, 0.3) is 6.08 Å². The van der Waals surface area contributed by atoms with Crippen molar-refractivity contribution in [2.24, 2.45) is 5.92 Å². The van der Waals surface area contributed by atoms with Gasteiger partial charge >= 0.3 is 0 Å². The number of fused-ring (bicyclic) bond motifs is 2. The van der Waals surface area contributed by atoms with Crippen molar-refractivity contribution < 1.29 is 33.6 Å². The van der Waals surface area contributed by atoms with Gasteiger partial charge in [0.25, 0.3) is 5.91 Å². The number of carbonyl (C=O) groups excluding carboxylic acids is 1. The Balaban J connectivity index is 2.02. The van der Waals surface area contributed by atoms with Crippen molar-refractivity contribution >= 4 is 12.0 Å². The minimum Gasteiger partial charge on any atom is -0.497 e. The summed E-state index contributed by atoms with van der Waals surface area (Å²) in [6.07, 6.45) is 6.14. The van der Waals surface area contributed by atoms with Gasteiger partial charge in [0, 0.05) is 19.7 Å². The quantitative estimate of drug-likeness (QED) is 0.541. The van der Waals surface area contributed by atoms with Gasteiger partial charge in [-0.2, -0.15) is 0 Å². The largest absolute Gasteiger partial charge is 0.497 e. The molecule has 1 unspecified atom stereocenters. The highest BCUT2D eigenvalue weighted by molar-refractivity contribution is 6.00. The average molecular weight is 448 g/mol. The number of ether oxygens (including phenoxy) is 5. The van der Waals surface area contributed by atoms with Gasteiger partial charge in [0.1, 0.15) is 23.7 Å². The van der Waals surface area contributed by atoms with Crippen molar-refractivity contribution in [3.63, 3.8) is 0 Å². The molecule has 1 aromatic carbocycles. The van der Waals surface area contributed by atoms with Crippen LogP contribution in [0.5, 0.6) is 11.5 Å². The van der Waals surface area contributed by atoms with Crippen molar-refractivity contribution in [3.05, 3.63) is 41.5 Å². The predicted octanol–water partition coefficient (Wildman–Crippen LogP) is 2.90. The molecule has 8 nitrogen and oxygen atoms in total. The number of hydrogen-bond donors (Lipinski definition) is 2. The number of aliphatic hydroxyl groups excluding tert-OH is 1. The maximum absolute atomic E-state index is 13.1. The number of nitrogens with one attached hydrogen (secondary N) is 1. The number of methoxy groups -OCH3 is 2. The first-order valence-electron chi connectivity index (χ1n) is 10.7. The SMILES string of the molecule is COCOc1cc(OC)cc2c1C(=O)NC[C@H](C)/C=C\C(O)[C@H]1OC(C)(C)O[C@H]1CC=C2. The summed E-state index contributed by atoms with van der Waals surface area (Å²) >= 11 is 0. The van der Waals surface area contributed by atoms with Gasteiger partial charge < -0.3 is 34.1 Å². The lowest BCUT2D eigenvalue weighted by Crippen LogP contribution is -2.34. The molecule has 0 aromatic heterocycles. The van der Waals surface area contributed by atoms with Crippen molar-refractivity contribution in [1.29, 1.82) is 0 Å². The van der Waals surface area contributed by atoms with E-state index in [1.807, 2.05) is 39.0 Å². The number of aliphatic hydroxyl groups is 1. The number of amides is 1. The summed E-state index contributed by atoms with van der Waals surface area (Å²) in [4.78, 5) is 13.1. The third-order valence-corrected chi connectivity index (χ3v) is 5.35. The van der Waals surface area contributed by atoms with Gasteiger partial charge in [-0.1, -0.05) is 31.2 Å². The van der Waals surface area contributed by atoms with Crippen LogP contribution in [-0.4, -0.2) is 62.7 Å². The average Bonchev–Trinajstić information content (AvgIpc) is 3.07. The highest BCUT2D eigenvalue weighted by atomic mass is 16.8. The molecule has 0 bridgehead atoms. The zero-order chi connectivity index (χ0) is 23.3. The Morgan fingerprint density at radius 2 is 2.00 bits per heavy atom. The first-order valence-corrected chi connectivity index (χ1v) is 10.7. The fraction of sp³-hybridized carbons (Fsp3) is 0.542. The normalized spacial score (nSPS) is 28.8. The molecule has 176 valence electrons. The molecule has 0 saturated carbocycles. The molecule has 0 radical (unpaired) electrons. The molecular formula is C24H33NO7. The second-order valence-corrected chi connectivity index (χ2v) is 8.48. The van der Waals surface area contributed by atoms with Crippen LogP contribution in [0.15, 0.2) is 30.4 Å². The second-order valence-electron chi connectivity index (χ2n) is 8.48. The topological polar surface area (TPSA) is 95.5 Å². The van der Waals surface area contributed by atoms with Crippen molar-refractivity contribution in [2.45, 2.75) is 51.3 Å². The molecule has 1 amide bonds. The van der Waals surface area contributed by atoms with E-state index in [9.17, 15) is 9.90 Å². The van der Waals surface area contributed by atoms with E-state index in [1.165, 1.54) is 7.11 Å². The minimum absolute atomic E-state index is 0.00233. The van der Waals surface area contributed by atoms with Crippen molar-refractivity contribution in [3.8, 4) is 11.5 Å². The van der Waals surface area contributed by atoms with E-state index in [1.54, 1.807) is 25.3 Å². The van der Waals surface area contributed by atoms with Gasteiger partial charge in [0.2, 0.25) is 0 Å². The summed E-state index contributed by atoms with van der Waals surface area (Å²) in [5.41, 5.74) is 1.04. The van der Waals surface area contributed by atoms with E-state index >= 15 is 0 Å². The summed E-state index contributed by atoms with van der Waals surface area (Å²) in [6.45, 7) is 6.01. The Morgan fingerprint density at radius 3 is 2.72 bits per heavy atom. The van der Waals surface area contributed by atoms with Crippen LogP contribution in [-0.2, 0) is 14.2 Å². The molecule has 4 atom stereocenters. The lowest BCUT2D eigenvalue weighted by molar-refractivity contribution is -0.152. The molecular weight excluding hydrogens is 414 g/mol. The summed E-state index contributed by atoms with van der Waals surface area (Å²) < 4.78 is 28.1. The van der Waals surface area contributed by atoms with E-state index in [4.69, 9.17) is 23.7 Å². The van der Waals surface area contributed by atoms with Crippen molar-refractivity contribution in [2.75, 3.05) is 27.6 Å². The van der Waals surface area contributed by atoms with E-state index in [-0.39, 0.29) is 24.7 Å². The van der Waals surface area contributed by atoms with E-state index < -0.39 is 18.0 Å². The standard InChI is InChI=1S/C24H33NO7/c1-15-9-10-18(26)22-19(31-24(2,3)32-22)8-6-7-16-11-17(29-5)12-20(30-14-28-4)21(16)23(27)25-13-15/h6-7,9-12,15,18-19,22,26H,8,13-14H2,1-5H3,(H,25,27)/b7-6?,10-9-/t15-,18?,19+,22-/m1/s1. The molecule has 0 aliphatic carbocycles. The fourth-order valence-corrected chi connectivity index (χ4v) is 3.83. The number of benzene rings is 1. The Morgan fingerprint density at radius 1 is 1.22 bits per heavy atom. The monoisotopic (exact) mass is 447 g/mol. The molecule has 0 spiro atoms. The Kier molecular flexibility index (Phi) is 7.95. The number of rotatable bonds is 4. The van der Waals surface area contributed by atoms with Crippen LogP contribution in [0.3, 0.4) is 0 Å². The number of carbonyl (C=O) groups is 1. The summed E-state index contributed by atoms with van der Waals surface area (Å²) in [5, 5.41) is 13.6. The van der Waals surface area contributed by atoms with Crippen LogP contribution >= 0.6 is 0 Å². The Hall–Kier alpha value is -2.39. The molecule has 1 aromatic rings. The highest BCUT2D eigenvalue weighted by Crippen LogP contribution is 2.34. The minimum atomic E-state index is -0.822. The predicted molar refractivity (Wildman–Crippen MR) is 120 cm³/mol. The molecule has 32 heavy (non-hydrogen) atoms. The van der Waals surface area contributed by atoms with Crippen molar-refractivity contribution in [1.82, 2.24) is 5.32 Å². The van der Waals surface area contributed by atoms with Gasteiger partial charge in [-0.15, -0.1) is 0 Å². The summed E-state index contributed by atoms with van der Waals surface area (Å²) in [6, 6.07) is 3.45. The molecule has 8 heteroatoms. The molecule has 3 rings (SSSR count). The molecule has 2 heterocycles. The van der Waals surface area contributed by atoms with E-state index in [0.717, 1.165) is 0 Å². The summed E-state index contributed by atoms with van der Waals surface area (Å²) in [7, 11) is 3.07. The van der Waals surface area contributed by atoms with Crippen LogP contribution in [0.4, 0.5) is 0 Å². The maximum atomic E-state index is 13.1. The lowest BCUT2D eigenvalue weighted by atomic mass is 9.99. The third kappa shape index (κ3) is 5.89. The van der Waals surface area contributed by atoms with Gasteiger partial charge in [-0.3, -0.25) is 4.79 Å². The van der Waals surface area contributed by atoms with Gasteiger partial charge in [-0.25, -0.2) is 0 Å². The summed E-state index contributed by atoms with van der Waals surface area (Å²) in [5.74, 6) is -0.146. The van der Waals surface area contributed by atoms with Crippen LogP contribution in [0.2, 0.25) is 0 Å². The molecule has 1 saturated heterocycles. The molecule has 2 aliphatic rings. The first-order chi connectivity index (χ1) is 15.2. The Labute approximate surface area is 189 Å². The van der Waals surface area contributed by atoms with Crippen LogP contribution in [0, 0.1) is 5.92 Å². The molecule has 2 N–H and O–H groups in total. The van der Waals surface area contributed by atoms with E-state index in [2.05, 4.69) is 5.32 Å². The molecule has 2 aliphatic heterocycles. The second kappa shape index (κ2) is 10.5. The van der Waals surface area contributed by atoms with Crippen LogP contribution < -0.4 is 14.8 Å².